The molecule has 0 unspecified atom stereocenters. The molecule has 0 atom stereocenters. The summed E-state index contributed by atoms with van der Waals surface area (Å²) in [5.41, 5.74) is 3.32. The average Bonchev–Trinajstić information content (AvgIpc) is 3.08. The Labute approximate surface area is 262 Å². The molecule has 0 saturated carbocycles. The summed E-state index contributed by atoms with van der Waals surface area (Å²) in [6.07, 6.45) is 3.43. The monoisotopic (exact) mass is 613 g/mol. The molecule has 0 spiro atoms. The third-order valence-corrected chi connectivity index (χ3v) is 10.8. The lowest BCUT2D eigenvalue weighted by Gasteiger charge is -2.27. The Balaban J connectivity index is 1.70. The molecule has 5 aromatic carbocycles. The first-order valence-electron chi connectivity index (χ1n) is 14.5. The zero-order valence-corrected chi connectivity index (χ0v) is 25.9. The van der Waals surface area contributed by atoms with Crippen molar-refractivity contribution in [1.82, 2.24) is 0 Å². The van der Waals surface area contributed by atoms with Gasteiger partial charge in [-0.2, -0.15) is 0 Å². The molecule has 5 rings (SSSR count). The van der Waals surface area contributed by atoms with E-state index in [9.17, 15) is 14.9 Å². The molecule has 45 heavy (non-hydrogen) atoms. The molecule has 224 valence electrons. The highest BCUT2D eigenvalue weighted by Gasteiger charge is 2.29. The second kappa shape index (κ2) is 14.4. The molecular weight excluding hydrogens is 581 g/mol. The van der Waals surface area contributed by atoms with Gasteiger partial charge in [-0.3, -0.25) is 15.1 Å². The zero-order chi connectivity index (χ0) is 31.6. The number of nitro groups is 1. The number of rotatable bonds is 10. The van der Waals surface area contributed by atoms with Crippen LogP contribution in [0.1, 0.15) is 23.6 Å². The third kappa shape index (κ3) is 7.23. The molecule has 8 heteroatoms. The number of aryl methyl sites for hydroxylation is 1. The van der Waals surface area contributed by atoms with E-state index >= 15 is 0 Å². The quantitative estimate of drug-likeness (QED) is 0.0402. The van der Waals surface area contributed by atoms with Crippen LogP contribution < -0.4 is 15.9 Å². The van der Waals surface area contributed by atoms with Crippen LogP contribution in [0, 0.1) is 17.0 Å². The smallest absolute Gasteiger partial charge is 0.356 e. The molecule has 0 aliphatic rings. The number of carbonyl (C=O) groups excluding carboxylic acids is 1. The minimum absolute atomic E-state index is 0.0191. The molecule has 0 aliphatic carbocycles. The number of hydrogen-bond acceptors (Lipinski definition) is 6. The second-order valence-corrected chi connectivity index (χ2v) is 13.2. The first-order chi connectivity index (χ1) is 21.9. The van der Waals surface area contributed by atoms with Crippen molar-refractivity contribution in [1.29, 1.82) is 0 Å². The van der Waals surface area contributed by atoms with Gasteiger partial charge in [0.15, 0.2) is 0 Å². The van der Waals surface area contributed by atoms with Gasteiger partial charge in [-0.15, -0.1) is 0 Å². The van der Waals surface area contributed by atoms with Gasteiger partial charge in [0.25, 0.3) is 5.69 Å². The number of non-ortho nitro benzene ring substituents is 1. The Morgan fingerprint density at radius 1 is 0.800 bits per heavy atom. The SMILES string of the molecule is CCOC(=O)/C(=C/c1cc(N=Cc2ccc([N+](=O)[O-])cc2)ccc1C)N=P(c1ccccc1)(c1ccccc1)c1ccccc1. The first kappa shape index (κ1) is 31.0. The molecule has 0 saturated heterocycles. The van der Waals surface area contributed by atoms with Crippen LogP contribution in [-0.2, 0) is 9.53 Å². The van der Waals surface area contributed by atoms with Crippen molar-refractivity contribution in [2.75, 3.05) is 6.61 Å². The van der Waals surface area contributed by atoms with E-state index in [1.54, 1.807) is 31.3 Å². The second-order valence-electron chi connectivity index (χ2n) is 10.1. The van der Waals surface area contributed by atoms with E-state index in [2.05, 4.69) is 41.4 Å². The fourth-order valence-corrected chi connectivity index (χ4v) is 8.40. The molecule has 0 radical (unpaired) electrons. The van der Waals surface area contributed by atoms with Crippen LogP contribution in [0.2, 0.25) is 0 Å². The van der Waals surface area contributed by atoms with Gasteiger partial charge in [0.05, 0.1) is 24.3 Å². The highest BCUT2D eigenvalue weighted by Crippen LogP contribution is 2.48. The van der Waals surface area contributed by atoms with Gasteiger partial charge in [0.2, 0.25) is 0 Å². The van der Waals surface area contributed by atoms with Crippen LogP contribution in [-0.4, -0.2) is 23.7 Å². The normalized spacial score (nSPS) is 11.7. The van der Waals surface area contributed by atoms with E-state index in [0.717, 1.165) is 32.6 Å². The van der Waals surface area contributed by atoms with E-state index in [1.807, 2.05) is 79.7 Å². The predicted molar refractivity (Wildman–Crippen MR) is 184 cm³/mol. The van der Waals surface area contributed by atoms with E-state index in [0.29, 0.717) is 5.69 Å². The average molecular weight is 614 g/mol. The van der Waals surface area contributed by atoms with Crippen LogP contribution >= 0.6 is 7.05 Å². The fourth-order valence-electron chi connectivity index (χ4n) is 4.89. The zero-order valence-electron chi connectivity index (χ0n) is 25.0. The van der Waals surface area contributed by atoms with Crippen LogP contribution in [0.15, 0.2) is 149 Å². The summed E-state index contributed by atoms with van der Waals surface area (Å²) in [7, 11) is -2.74. The summed E-state index contributed by atoms with van der Waals surface area (Å²) in [5, 5.41) is 14.0. The third-order valence-electron chi connectivity index (χ3n) is 7.15. The minimum Gasteiger partial charge on any atom is -0.461 e. The number of esters is 1. The number of ether oxygens (including phenoxy) is 1. The molecule has 7 nitrogen and oxygen atoms in total. The molecule has 0 aromatic heterocycles. The fraction of sp³-hybridized carbons (Fsp3) is 0.0811. The van der Waals surface area contributed by atoms with Crippen molar-refractivity contribution in [3.8, 4) is 0 Å². The van der Waals surface area contributed by atoms with Crippen molar-refractivity contribution < 1.29 is 14.5 Å². The van der Waals surface area contributed by atoms with E-state index in [1.165, 1.54) is 12.1 Å². The molecule has 0 amide bonds. The number of nitrogens with zero attached hydrogens (tertiary/aromatic N) is 3. The molecule has 0 N–H and O–H groups in total. The number of carbonyl (C=O) groups is 1. The summed E-state index contributed by atoms with van der Waals surface area (Å²) < 4.78 is 11.0. The van der Waals surface area contributed by atoms with Crippen LogP contribution in [0.5, 0.6) is 0 Å². The number of hydrogen-bond donors (Lipinski definition) is 0. The highest BCUT2D eigenvalue weighted by atomic mass is 31.2. The molecule has 0 bridgehead atoms. The molecule has 0 aliphatic heterocycles. The van der Waals surface area contributed by atoms with Crippen molar-refractivity contribution >= 4 is 52.6 Å². The molecule has 5 aromatic rings. The van der Waals surface area contributed by atoms with Crippen LogP contribution in [0.4, 0.5) is 11.4 Å². The van der Waals surface area contributed by atoms with Gasteiger partial charge >= 0.3 is 5.97 Å². The maximum absolute atomic E-state index is 13.7. The highest BCUT2D eigenvalue weighted by molar-refractivity contribution is 7.87. The summed E-state index contributed by atoms with van der Waals surface area (Å²) in [6, 6.07) is 42.2. The lowest BCUT2D eigenvalue weighted by Crippen LogP contribution is -2.26. The van der Waals surface area contributed by atoms with E-state index in [-0.39, 0.29) is 18.0 Å². The Kier molecular flexibility index (Phi) is 9.93. The predicted octanol–water partition coefficient (Wildman–Crippen LogP) is 7.74. The summed E-state index contributed by atoms with van der Waals surface area (Å²) in [4.78, 5) is 28.8. The summed E-state index contributed by atoms with van der Waals surface area (Å²) in [6.45, 7) is 3.95. The lowest BCUT2D eigenvalue weighted by atomic mass is 10.1. The number of aliphatic imine (C=N–C) groups is 1. The Morgan fingerprint density at radius 3 is 1.82 bits per heavy atom. The van der Waals surface area contributed by atoms with Gasteiger partial charge in [-0.1, -0.05) is 97.1 Å². The van der Waals surface area contributed by atoms with Crippen molar-refractivity contribution in [3.05, 3.63) is 166 Å². The largest absolute Gasteiger partial charge is 0.461 e. The van der Waals surface area contributed by atoms with Crippen molar-refractivity contribution in [2.45, 2.75) is 13.8 Å². The number of nitro benzene ring substituents is 1. The Bertz CT molecular complexity index is 1800. The minimum atomic E-state index is -2.74. The Morgan fingerprint density at radius 2 is 1.33 bits per heavy atom. The van der Waals surface area contributed by atoms with Crippen molar-refractivity contribution in [2.24, 2.45) is 9.74 Å². The van der Waals surface area contributed by atoms with Gasteiger partial charge in [0.1, 0.15) is 5.70 Å². The molecular formula is C37H32N3O4P. The van der Waals surface area contributed by atoms with Gasteiger partial charge < -0.3 is 4.74 Å². The summed E-state index contributed by atoms with van der Waals surface area (Å²) in [5.74, 6) is -0.510. The molecule has 0 heterocycles. The summed E-state index contributed by atoms with van der Waals surface area (Å²) >= 11 is 0. The maximum Gasteiger partial charge on any atom is 0.356 e. The molecule has 0 fully saturated rings. The number of benzene rings is 5. The maximum atomic E-state index is 13.7. The standard InChI is InChI=1S/C37H32N3O4P/c1-3-44-37(41)36(26-30-25-31(22-19-28(30)2)38-27-29-20-23-32(24-21-29)40(42)43)39-45(33-13-7-4-8-14-33,34-15-9-5-10-16-34)35-17-11-6-12-18-35/h4-27H,3H2,1-2H3/b36-26-,38-27?. The van der Waals surface area contributed by atoms with Gasteiger partial charge in [-0.05, 0) is 60.9 Å². The van der Waals surface area contributed by atoms with Gasteiger partial charge in [0, 0.05) is 34.3 Å². The van der Waals surface area contributed by atoms with E-state index < -0.39 is 17.9 Å². The van der Waals surface area contributed by atoms with Crippen LogP contribution in [0.25, 0.3) is 6.08 Å². The lowest BCUT2D eigenvalue weighted by molar-refractivity contribution is -0.384. The van der Waals surface area contributed by atoms with E-state index in [4.69, 9.17) is 9.48 Å². The first-order valence-corrected chi connectivity index (χ1v) is 16.2. The topological polar surface area (TPSA) is 94.2 Å². The Hall–Kier alpha value is -5.39. The van der Waals surface area contributed by atoms with Crippen molar-refractivity contribution in [3.63, 3.8) is 0 Å². The van der Waals surface area contributed by atoms with Crippen LogP contribution in [0.3, 0.4) is 0 Å². The van der Waals surface area contributed by atoms with Gasteiger partial charge in [-0.25, -0.2) is 9.54 Å².